The molecule has 0 saturated carbocycles. The van der Waals surface area contributed by atoms with Gasteiger partial charge in [0.1, 0.15) is 0 Å². The summed E-state index contributed by atoms with van der Waals surface area (Å²) < 4.78 is 682. The van der Waals surface area contributed by atoms with Crippen molar-refractivity contribution in [2.24, 2.45) is 0 Å². The Kier molecular flexibility index (Phi) is 15.7. The maximum atomic E-state index is 12.4. The fraction of sp³-hybridized carbons (Fsp3) is 0.600. The summed E-state index contributed by atoms with van der Waals surface area (Å²) in [7, 11) is -25.9. The van der Waals surface area contributed by atoms with Gasteiger partial charge in [0, 0.05) is 167 Å². The van der Waals surface area contributed by atoms with Crippen LogP contribution in [-0.2, 0) is 59.0 Å². The molecule has 6 aromatic carbocycles. The number of hydrogen-bond donors (Lipinski definition) is 0. The molecule has 0 bridgehead atoms. The molecule has 6 aromatic rings. The molecule has 0 spiro atoms. The van der Waals surface area contributed by atoms with Crippen LogP contribution in [0.2, 0.25) is 0 Å². The van der Waals surface area contributed by atoms with E-state index in [1.807, 2.05) is 0 Å². The Hall–Kier alpha value is -5.22. The lowest BCUT2D eigenvalue weighted by Crippen LogP contribution is -2.34. The number of rotatable bonds is 24. The molecule has 636 valence electrons. The second-order valence-corrected chi connectivity index (χ2v) is 35.1. The van der Waals surface area contributed by atoms with E-state index in [0.29, 0.717) is 53.8 Å². The molecule has 6 heterocycles. The Morgan fingerprint density at radius 1 is 0.342 bits per heavy atom. The molecule has 18 nitrogen and oxygen atoms in total. The largest absolute Gasteiger partial charge is 0.303 e. The number of sulfone groups is 6. The van der Waals surface area contributed by atoms with Crippen molar-refractivity contribution in [2.45, 2.75) is 221 Å². The molecule has 0 aromatic heterocycles. The Labute approximate surface area is 782 Å². The van der Waals surface area contributed by atoms with Gasteiger partial charge in [0.15, 0.2) is 59.0 Å². The molecule has 6 aliphatic heterocycles. The van der Waals surface area contributed by atoms with E-state index in [0.717, 1.165) is 110 Å². The van der Waals surface area contributed by atoms with E-state index in [2.05, 4.69) is 0 Å². The first-order chi connectivity index (χ1) is 79.1. The predicted octanol–water partition coefficient (Wildman–Crippen LogP) is 16.1. The van der Waals surface area contributed by atoms with Crippen molar-refractivity contribution in [1.82, 2.24) is 29.4 Å². The summed E-state index contributed by atoms with van der Waals surface area (Å²) in [5.74, 6) is -16.4. The average molecular weight is 1750 g/mol. The van der Waals surface area contributed by atoms with Crippen LogP contribution in [-0.4, -0.2) is 234 Å². The Morgan fingerprint density at radius 3 is 0.868 bits per heavy atom. The number of hydrogen-bond acceptors (Lipinski definition) is 18. The smallest absolute Gasteiger partial charge is 0.175 e. The third kappa shape index (κ3) is 32.1. The van der Waals surface area contributed by atoms with Crippen LogP contribution in [0.3, 0.4) is 0 Å². The predicted molar refractivity (Wildman–Crippen MR) is 470 cm³/mol. The van der Waals surface area contributed by atoms with E-state index >= 15 is 0 Å². The molecule has 0 aliphatic carbocycles. The first-order valence-corrected chi connectivity index (χ1v) is 44.9. The van der Waals surface area contributed by atoms with Crippen LogP contribution in [0.4, 0.5) is 0 Å². The molecule has 6 saturated heterocycles. The van der Waals surface area contributed by atoms with E-state index < -0.39 is 329 Å². The van der Waals surface area contributed by atoms with Gasteiger partial charge in [0.05, 0.1) is 29.4 Å². The lowest BCUT2D eigenvalue weighted by Gasteiger charge is -2.32. The molecule has 24 heteroatoms. The second kappa shape index (κ2) is 46.4. The second-order valence-electron chi connectivity index (χ2n) is 24.6. The number of piperidine rings is 6. The van der Waals surface area contributed by atoms with E-state index in [9.17, 15) is 50.5 Å². The fourth-order valence-electron chi connectivity index (χ4n) is 10.4. The topological polar surface area (TPSA) is 224 Å². The van der Waals surface area contributed by atoms with Crippen molar-refractivity contribution < 1.29 is 141 Å². The molecular formula is C90H138N6O12S6. The molecular weight excluding hydrogens is 1550 g/mol. The zero-order valence-electron chi connectivity index (χ0n) is 130. The number of benzene rings is 6. The summed E-state index contributed by atoms with van der Waals surface area (Å²) in [5, 5.41) is 0. The summed E-state index contributed by atoms with van der Waals surface area (Å²) >= 11 is 0. The zero-order valence-corrected chi connectivity index (χ0v) is 68.4. The van der Waals surface area contributed by atoms with Gasteiger partial charge in [-0.1, -0.05) is 114 Å². The van der Waals surface area contributed by atoms with Gasteiger partial charge < -0.3 is 29.4 Å². The standard InChI is InChI=1S/6C15H23NO2S/c6*1-3-9-16-10-5-7-14(12-16)13-6-4-8-15(11-13)19(2,17)18/h6*4,6,8,11,14H,3,5,7,9-10,12H2,1-2H3/t6*14-/m000000/s1/i3D2,5D2,7D2,9D2,10D2,12D2,14D;2D3,5D2,7D2,9D2,10D2,12D2,14D;5D2,7D2,9D2,10D2,12D2,14D;2D3,5D2,7D2,10D2,12D2,14D;5D2,7D2,10D2,12D2,14D;2D3,3D2,9D2. The van der Waals surface area contributed by atoms with Crippen LogP contribution in [0, 0.1) is 0 Å². The van der Waals surface area contributed by atoms with Crippen molar-refractivity contribution in [3.8, 4) is 0 Å². The molecule has 6 aliphatic rings. The summed E-state index contributed by atoms with van der Waals surface area (Å²) in [6.07, 6.45) is -47.4. The molecule has 6 fully saturated rings. The minimum absolute atomic E-state index is 0.0750. The highest BCUT2D eigenvalue weighted by Crippen LogP contribution is 2.35. The van der Waals surface area contributed by atoms with E-state index in [-0.39, 0.29) is 68.4 Å². The van der Waals surface area contributed by atoms with Gasteiger partial charge >= 0.3 is 0 Å². The average Bonchev–Trinajstić information content (AvgIpc) is 0.698. The van der Waals surface area contributed by atoms with E-state index in [1.165, 1.54) is 62.1 Å². The van der Waals surface area contributed by atoms with Crippen LogP contribution in [0.25, 0.3) is 0 Å². The molecule has 114 heavy (non-hydrogen) atoms. The van der Waals surface area contributed by atoms with Gasteiger partial charge in [0.25, 0.3) is 0 Å². The summed E-state index contributed by atoms with van der Waals surface area (Å²) in [6.45, 7) is -37.7. The quantitative estimate of drug-likeness (QED) is 0.0549. The van der Waals surface area contributed by atoms with Gasteiger partial charge in [-0.15, -0.1) is 0 Å². The van der Waals surface area contributed by atoms with Crippen LogP contribution in [0.5, 0.6) is 0 Å². The van der Waals surface area contributed by atoms with Crippen LogP contribution in [0.15, 0.2) is 175 Å². The van der Waals surface area contributed by atoms with Gasteiger partial charge in [-0.2, -0.15) is 0 Å². The lowest BCUT2D eigenvalue weighted by molar-refractivity contribution is 0.208. The molecule has 0 radical (unpaired) electrons. The molecule has 0 amide bonds. The van der Waals surface area contributed by atoms with E-state index in [4.69, 9.17) is 90.5 Å². The van der Waals surface area contributed by atoms with E-state index in [1.54, 1.807) is 19.9 Å². The first kappa shape index (κ1) is 38.7. The number of likely N-dealkylation sites (tertiary alicyclic amines) is 6. The summed E-state index contributed by atoms with van der Waals surface area (Å²) in [6, 6.07) is 25.1. The van der Waals surface area contributed by atoms with Crippen molar-refractivity contribution in [3.05, 3.63) is 179 Å². The summed E-state index contributed by atoms with van der Waals surface area (Å²) in [5.41, 5.74) is -2.45. The normalized spacial score (nSPS) is 43.2. The SMILES string of the molecule is [2H]C([2H])(C)C([2H])([2H])N1C([2H])([2H])C([2H])([2H])C([2H])([2H])[C@]([2H])(c2cccc(S(C)(=O)=O)c2)C1([2H])[2H].[2H]C([2H])(C)C([2H])([2H])N1CCC[C@H](c2cccc(S(=O)(=O)C([2H])([2H])[2H])c2)C1.[2H]C([2H])(CC)N1C([2H])([2H])C([2H])([2H])C([2H])([2H])[C@]([2H])(c2cccc(S(=O)(=O)C([2H])([2H])[2H])c2)C1([2H])[2H].[2H]C([2H])(CC)N1C([2H])([2H])C([2H])([2H])C([2H])([2H])[C@]([2H])(c2cccc(S(C)(=O)=O)c2)C1([2H])[2H].[2H]C1([2H])N(CCC)C([2H])([2H])[C@@]([2H])(c2cccc(S(=O)(=O)C([2H])([2H])[2H])c2)C([2H])([2H])C1([2H])[2H].[2H]C1([2H])N(CCC)C([2H])([2H])[C@@]([2H])(c2cccc(S(C)(=O)=O)c2)C([2H])([2H])C1([2H])[2H]. The third-order valence-electron chi connectivity index (χ3n) is 15.6. The molecule has 6 atom stereocenters. The van der Waals surface area contributed by atoms with Crippen molar-refractivity contribution >= 4 is 59.0 Å². The van der Waals surface area contributed by atoms with Crippen LogP contribution >= 0.6 is 0 Å². The maximum absolute atomic E-state index is 12.4. The molecule has 12 rings (SSSR count). The van der Waals surface area contributed by atoms with Gasteiger partial charge in [-0.25, -0.2) is 50.5 Å². The monoisotopic (exact) mass is 1750 g/mol. The van der Waals surface area contributed by atoms with Crippen molar-refractivity contribution in [1.29, 1.82) is 0 Å². The van der Waals surface area contributed by atoms with Crippen LogP contribution < -0.4 is 0 Å². The Bertz CT molecular complexity index is 7940. The maximum Gasteiger partial charge on any atom is 0.175 e. The summed E-state index contributed by atoms with van der Waals surface area (Å²) in [4.78, 5) is -1.33. The number of nitrogens with zero attached hydrogens (tertiary/aromatic N) is 6. The lowest BCUT2D eigenvalue weighted by atomic mass is 9.90. The Balaban J connectivity index is 0.000000289. The highest BCUT2D eigenvalue weighted by Gasteiger charge is 2.29. The van der Waals surface area contributed by atoms with Crippen molar-refractivity contribution in [3.63, 3.8) is 0 Å². The van der Waals surface area contributed by atoms with Crippen molar-refractivity contribution in [2.75, 3.05) is 154 Å². The molecule has 0 unspecified atom stereocenters. The van der Waals surface area contributed by atoms with Gasteiger partial charge in [-0.3, -0.25) is 0 Å². The fourth-order valence-corrected chi connectivity index (χ4v) is 14.0. The van der Waals surface area contributed by atoms with Crippen LogP contribution in [0.1, 0.15) is 316 Å². The highest BCUT2D eigenvalue weighted by molar-refractivity contribution is 7.92. The van der Waals surface area contributed by atoms with Gasteiger partial charge in [0.2, 0.25) is 0 Å². The highest BCUT2D eigenvalue weighted by atomic mass is 32.2. The zero-order chi connectivity index (χ0) is 142. The van der Waals surface area contributed by atoms with Gasteiger partial charge in [-0.05, 0) is 335 Å². The minimum atomic E-state index is -5.02. The molecule has 0 N–H and O–H groups in total. The Morgan fingerprint density at radius 2 is 0.596 bits per heavy atom. The first-order valence-electron chi connectivity index (χ1n) is 67.8. The minimum Gasteiger partial charge on any atom is -0.303 e. The third-order valence-corrected chi connectivity index (χ3v) is 21.5.